The van der Waals surface area contributed by atoms with E-state index in [0.717, 1.165) is 17.3 Å². The van der Waals surface area contributed by atoms with Gasteiger partial charge in [0, 0.05) is 43.9 Å². The van der Waals surface area contributed by atoms with Gasteiger partial charge in [-0.3, -0.25) is 4.79 Å². The zero-order valence-electron chi connectivity index (χ0n) is 18.3. The van der Waals surface area contributed by atoms with Crippen molar-refractivity contribution in [3.8, 4) is 5.69 Å². The number of aryl methyl sites for hydroxylation is 1. The summed E-state index contributed by atoms with van der Waals surface area (Å²) in [5.74, 6) is 1.55. The predicted molar refractivity (Wildman–Crippen MR) is 117 cm³/mol. The Kier molecular flexibility index (Phi) is 5.71. The lowest BCUT2D eigenvalue weighted by Crippen LogP contribution is -2.49. The molecule has 2 aromatic heterocycles. The maximum atomic E-state index is 14.2. The van der Waals surface area contributed by atoms with Gasteiger partial charge in [-0.05, 0) is 26.0 Å². The van der Waals surface area contributed by atoms with Crippen LogP contribution in [0.15, 0.2) is 36.5 Å². The Labute approximate surface area is 181 Å². The third-order valence-electron chi connectivity index (χ3n) is 5.59. The molecule has 0 N–H and O–H groups in total. The van der Waals surface area contributed by atoms with E-state index in [1.807, 2.05) is 17.9 Å². The standard InChI is InChI=1S/C23H27FN6O/c1-15(2)22-26-16(3)13-21(27-22)28-9-11-29(12-10-28)23(31)18-14-25-30(17(18)4)20-8-6-5-7-19(20)24/h5-8,13-15H,9-12H2,1-4H3. The van der Waals surface area contributed by atoms with Crippen LogP contribution in [0, 0.1) is 19.7 Å². The molecule has 3 aromatic rings. The lowest BCUT2D eigenvalue weighted by molar-refractivity contribution is 0.0745. The van der Waals surface area contributed by atoms with Gasteiger partial charge in [0.25, 0.3) is 5.91 Å². The van der Waals surface area contributed by atoms with Gasteiger partial charge in [-0.25, -0.2) is 19.0 Å². The van der Waals surface area contributed by atoms with E-state index in [4.69, 9.17) is 4.98 Å². The van der Waals surface area contributed by atoms with E-state index in [1.54, 1.807) is 25.1 Å². The first-order valence-corrected chi connectivity index (χ1v) is 10.5. The Hall–Kier alpha value is -3.29. The SMILES string of the molecule is Cc1cc(N2CCN(C(=O)c3cnn(-c4ccccc4F)c3C)CC2)nc(C(C)C)n1. The van der Waals surface area contributed by atoms with E-state index in [0.29, 0.717) is 43.1 Å². The van der Waals surface area contributed by atoms with Gasteiger partial charge < -0.3 is 9.80 Å². The Morgan fingerprint density at radius 1 is 1.06 bits per heavy atom. The summed E-state index contributed by atoms with van der Waals surface area (Å²) < 4.78 is 15.6. The molecule has 0 aliphatic carbocycles. The molecule has 162 valence electrons. The van der Waals surface area contributed by atoms with Crippen LogP contribution in [-0.2, 0) is 0 Å². The fourth-order valence-corrected chi connectivity index (χ4v) is 3.79. The molecule has 1 aromatic carbocycles. The molecule has 1 saturated heterocycles. The molecule has 0 saturated carbocycles. The lowest BCUT2D eigenvalue weighted by atomic mass is 10.2. The van der Waals surface area contributed by atoms with E-state index >= 15 is 0 Å². The van der Waals surface area contributed by atoms with Crippen LogP contribution in [0.1, 0.15) is 47.3 Å². The topological polar surface area (TPSA) is 67.2 Å². The number of hydrogen-bond acceptors (Lipinski definition) is 5. The van der Waals surface area contributed by atoms with E-state index < -0.39 is 0 Å². The molecule has 31 heavy (non-hydrogen) atoms. The van der Waals surface area contributed by atoms with Gasteiger partial charge in [-0.2, -0.15) is 5.10 Å². The Bertz CT molecular complexity index is 1100. The van der Waals surface area contributed by atoms with Crippen molar-refractivity contribution < 1.29 is 9.18 Å². The first kappa shape index (κ1) is 21.0. The number of halogens is 1. The second kappa shape index (κ2) is 8.45. The first-order chi connectivity index (χ1) is 14.8. The van der Waals surface area contributed by atoms with Crippen LogP contribution in [0.3, 0.4) is 0 Å². The maximum absolute atomic E-state index is 14.2. The van der Waals surface area contributed by atoms with Crippen LogP contribution < -0.4 is 4.90 Å². The molecule has 0 unspecified atom stereocenters. The minimum atomic E-state index is -0.373. The average Bonchev–Trinajstić information content (AvgIpc) is 3.14. The number of aromatic nitrogens is 4. The van der Waals surface area contributed by atoms with Gasteiger partial charge in [0.1, 0.15) is 23.1 Å². The van der Waals surface area contributed by atoms with E-state index in [1.165, 1.54) is 16.9 Å². The molecule has 0 bridgehead atoms. The lowest BCUT2D eigenvalue weighted by Gasteiger charge is -2.35. The van der Waals surface area contributed by atoms with Gasteiger partial charge in [0.15, 0.2) is 0 Å². The van der Waals surface area contributed by atoms with Crippen LogP contribution in [0.2, 0.25) is 0 Å². The van der Waals surface area contributed by atoms with Gasteiger partial charge in [0.05, 0.1) is 17.5 Å². The van der Waals surface area contributed by atoms with Crippen LogP contribution in [0.4, 0.5) is 10.2 Å². The number of para-hydroxylation sites is 1. The molecule has 1 aliphatic heterocycles. The van der Waals surface area contributed by atoms with Crippen LogP contribution >= 0.6 is 0 Å². The minimum absolute atomic E-state index is 0.0820. The molecule has 0 atom stereocenters. The summed E-state index contributed by atoms with van der Waals surface area (Å²) in [7, 11) is 0. The Balaban J connectivity index is 1.48. The second-order valence-electron chi connectivity index (χ2n) is 8.17. The molecule has 8 heteroatoms. The molecule has 1 aliphatic rings. The van der Waals surface area contributed by atoms with Gasteiger partial charge >= 0.3 is 0 Å². The number of carbonyl (C=O) groups is 1. The highest BCUT2D eigenvalue weighted by Gasteiger charge is 2.26. The molecule has 0 spiro atoms. The van der Waals surface area contributed by atoms with E-state index in [9.17, 15) is 9.18 Å². The van der Waals surface area contributed by atoms with Crippen molar-refractivity contribution in [1.82, 2.24) is 24.6 Å². The summed E-state index contributed by atoms with van der Waals surface area (Å²) in [5.41, 5.74) is 2.41. The summed E-state index contributed by atoms with van der Waals surface area (Å²) in [6, 6.07) is 8.41. The molecule has 7 nitrogen and oxygen atoms in total. The molecular weight excluding hydrogens is 395 g/mol. The normalized spacial score (nSPS) is 14.4. The highest BCUT2D eigenvalue weighted by atomic mass is 19.1. The molecule has 1 amide bonds. The van der Waals surface area contributed by atoms with Crippen LogP contribution in [-0.4, -0.2) is 56.7 Å². The molecule has 4 rings (SSSR count). The molecular formula is C23H27FN6O. The number of carbonyl (C=O) groups excluding carboxylic acids is 1. The summed E-state index contributed by atoms with van der Waals surface area (Å²) >= 11 is 0. The number of nitrogens with zero attached hydrogens (tertiary/aromatic N) is 6. The van der Waals surface area contributed by atoms with Crippen molar-refractivity contribution in [1.29, 1.82) is 0 Å². The summed E-state index contributed by atoms with van der Waals surface area (Å²) in [6.07, 6.45) is 1.53. The number of hydrogen-bond donors (Lipinski definition) is 0. The number of piperazine rings is 1. The van der Waals surface area contributed by atoms with Crippen LogP contribution in [0.5, 0.6) is 0 Å². The van der Waals surface area contributed by atoms with Crippen molar-refractivity contribution in [2.24, 2.45) is 0 Å². The van der Waals surface area contributed by atoms with E-state index in [-0.39, 0.29) is 17.6 Å². The monoisotopic (exact) mass is 422 g/mol. The average molecular weight is 423 g/mol. The Morgan fingerprint density at radius 3 is 2.45 bits per heavy atom. The zero-order chi connectivity index (χ0) is 22.1. The first-order valence-electron chi connectivity index (χ1n) is 10.5. The van der Waals surface area contributed by atoms with Crippen molar-refractivity contribution in [2.45, 2.75) is 33.6 Å². The quantitative estimate of drug-likeness (QED) is 0.644. The van der Waals surface area contributed by atoms with Crippen molar-refractivity contribution in [3.63, 3.8) is 0 Å². The predicted octanol–water partition coefficient (Wildman–Crippen LogP) is 3.50. The van der Waals surface area contributed by atoms with Gasteiger partial charge in [-0.15, -0.1) is 0 Å². The molecule has 3 heterocycles. The van der Waals surface area contributed by atoms with Crippen LogP contribution in [0.25, 0.3) is 5.69 Å². The molecule has 1 fully saturated rings. The zero-order valence-corrected chi connectivity index (χ0v) is 18.3. The van der Waals surface area contributed by atoms with Gasteiger partial charge in [0.2, 0.25) is 0 Å². The molecule has 0 radical (unpaired) electrons. The highest BCUT2D eigenvalue weighted by Crippen LogP contribution is 2.21. The smallest absolute Gasteiger partial charge is 0.257 e. The third-order valence-corrected chi connectivity index (χ3v) is 5.59. The second-order valence-corrected chi connectivity index (χ2v) is 8.17. The number of benzene rings is 1. The van der Waals surface area contributed by atoms with Crippen molar-refractivity contribution >= 4 is 11.7 Å². The summed E-state index contributed by atoms with van der Waals surface area (Å²) in [4.78, 5) is 26.4. The summed E-state index contributed by atoms with van der Waals surface area (Å²) in [6.45, 7) is 10.5. The van der Waals surface area contributed by atoms with Crippen molar-refractivity contribution in [2.75, 3.05) is 31.1 Å². The minimum Gasteiger partial charge on any atom is -0.353 e. The third kappa shape index (κ3) is 4.15. The van der Waals surface area contributed by atoms with E-state index in [2.05, 4.69) is 28.8 Å². The summed E-state index contributed by atoms with van der Waals surface area (Å²) in [5, 5.41) is 4.26. The van der Waals surface area contributed by atoms with Gasteiger partial charge in [-0.1, -0.05) is 26.0 Å². The fraction of sp³-hybridized carbons (Fsp3) is 0.391. The highest BCUT2D eigenvalue weighted by molar-refractivity contribution is 5.95. The Morgan fingerprint density at radius 2 is 1.77 bits per heavy atom. The number of anilines is 1. The van der Waals surface area contributed by atoms with Crippen molar-refractivity contribution in [3.05, 3.63) is 65.1 Å². The largest absolute Gasteiger partial charge is 0.353 e. The number of amides is 1. The number of rotatable bonds is 4. The fourth-order valence-electron chi connectivity index (χ4n) is 3.79. The maximum Gasteiger partial charge on any atom is 0.257 e.